The smallest absolute Gasteiger partial charge is 0.333 e. The number of rotatable bonds is 1. The van der Waals surface area contributed by atoms with Crippen LogP contribution in [0.3, 0.4) is 0 Å². The molecule has 4 aromatic heterocycles. The minimum absolute atomic E-state index is 0.00288. The fraction of sp³-hybridized carbons (Fsp3) is 0.294. The maximum absolute atomic E-state index is 7.41. The lowest BCUT2D eigenvalue weighted by atomic mass is 9.43. The van der Waals surface area contributed by atoms with Gasteiger partial charge in [-0.1, -0.05) is 131 Å². The van der Waals surface area contributed by atoms with Gasteiger partial charge < -0.3 is 18.2 Å². The van der Waals surface area contributed by atoms with Crippen molar-refractivity contribution in [1.29, 1.82) is 0 Å². The maximum atomic E-state index is 7.41. The lowest BCUT2D eigenvalue weighted by molar-refractivity contribution is 0.332. The van der Waals surface area contributed by atoms with Crippen molar-refractivity contribution in [1.82, 2.24) is 4.57 Å². The number of benzene rings is 8. The van der Waals surface area contributed by atoms with Gasteiger partial charge in [0.15, 0.2) is 0 Å². The van der Waals surface area contributed by atoms with E-state index in [-0.39, 0.29) is 33.9 Å². The zero-order valence-electron chi connectivity index (χ0n) is 44.6. The van der Waals surface area contributed by atoms with Gasteiger partial charge >= 0.3 is 6.85 Å². The number of para-hydroxylation sites is 2. The molecule has 0 unspecified atom stereocenters. The molecule has 4 nitrogen and oxygen atoms in total. The van der Waals surface area contributed by atoms with E-state index in [2.05, 4.69) is 207 Å². The van der Waals surface area contributed by atoms with Gasteiger partial charge in [-0.05, 0) is 158 Å². The number of fused-ring (bicyclic) bond motifs is 21. The Morgan fingerprint density at radius 2 is 1.09 bits per heavy atom. The summed E-state index contributed by atoms with van der Waals surface area (Å²) >= 11 is 1.97. The summed E-state index contributed by atoms with van der Waals surface area (Å²) in [5, 5.41) is 9.84. The second-order valence-electron chi connectivity index (χ2n) is 26.5. The summed E-state index contributed by atoms with van der Waals surface area (Å²) in [6, 6.07) is 47.4. The zero-order valence-corrected chi connectivity index (χ0v) is 45.4. The van der Waals surface area contributed by atoms with E-state index in [0.717, 1.165) is 45.9 Å². The molecule has 0 radical (unpaired) electrons. The van der Waals surface area contributed by atoms with Crippen molar-refractivity contribution in [2.45, 2.75) is 129 Å². The summed E-state index contributed by atoms with van der Waals surface area (Å²) in [7, 11) is 0. The predicted molar refractivity (Wildman–Crippen MR) is 317 cm³/mol. The van der Waals surface area contributed by atoms with Crippen LogP contribution >= 0.6 is 11.3 Å². The van der Waals surface area contributed by atoms with E-state index in [1.807, 2.05) is 11.3 Å². The first-order chi connectivity index (χ1) is 35.3. The summed E-state index contributed by atoms with van der Waals surface area (Å²) in [5.74, 6) is 0. The Labute approximate surface area is 437 Å². The number of furan rings is 2. The minimum atomic E-state index is -0.194. The van der Waals surface area contributed by atoms with Crippen molar-refractivity contribution in [2.24, 2.45) is 0 Å². The molecule has 0 atom stereocenters. The molecule has 74 heavy (non-hydrogen) atoms. The molecule has 0 saturated carbocycles. The van der Waals surface area contributed by atoms with Gasteiger partial charge in [-0.3, -0.25) is 0 Å². The van der Waals surface area contributed by atoms with Crippen LogP contribution in [-0.4, -0.2) is 11.4 Å². The van der Waals surface area contributed by atoms with E-state index < -0.39 is 0 Å². The van der Waals surface area contributed by atoms with E-state index in [0.29, 0.717) is 0 Å². The summed E-state index contributed by atoms with van der Waals surface area (Å²) in [5.41, 5.74) is 22.5. The van der Waals surface area contributed by atoms with Gasteiger partial charge in [0.05, 0.1) is 16.4 Å². The summed E-state index contributed by atoms with van der Waals surface area (Å²) in [6.45, 7) is 26.4. The molecule has 12 aromatic rings. The van der Waals surface area contributed by atoms with Gasteiger partial charge in [-0.25, -0.2) is 0 Å². The van der Waals surface area contributed by atoms with Gasteiger partial charge in [0.25, 0.3) is 0 Å². The fourth-order valence-corrected chi connectivity index (χ4v) is 15.9. The minimum Gasteiger partial charge on any atom is -0.456 e. The summed E-state index contributed by atoms with van der Waals surface area (Å²) < 4.78 is 19.6. The van der Waals surface area contributed by atoms with Crippen molar-refractivity contribution in [2.75, 3.05) is 4.81 Å². The first-order valence-electron chi connectivity index (χ1n) is 27.2. The Bertz CT molecular complexity index is 4540. The lowest BCUT2D eigenvalue weighted by Crippen LogP contribution is -2.60. The molecule has 0 bridgehead atoms. The topological polar surface area (TPSA) is 34.5 Å². The molecule has 8 aromatic carbocycles. The van der Waals surface area contributed by atoms with Gasteiger partial charge in [0.1, 0.15) is 22.3 Å². The van der Waals surface area contributed by atoms with E-state index in [9.17, 15) is 0 Å². The molecule has 0 amide bonds. The largest absolute Gasteiger partial charge is 0.456 e. The van der Waals surface area contributed by atoms with Gasteiger partial charge in [0.2, 0.25) is 0 Å². The highest BCUT2D eigenvalue weighted by atomic mass is 32.1. The Hall–Kier alpha value is -6.76. The standard InChI is InChI=1S/C68H61BN2O2S/c1-64(2,3)36-20-22-37(23-21-36)71-51-31-42-41-28-45-48(68(10,11)27-25-65(45,4)5)34-57(41)74-56(42)32-44(51)58-59-39-17-13-15-19-54(39)73-63(59)60-43-29-46-47(67(8,9)26-24-66(46,6)7)33-50(43)70-52-35-55-40(38-16-12-14-18-53(38)72-55)30-49(52)69(71)61(58)62(60)70/h12-23,28-35H,24-27H2,1-11H3. The average Bonchev–Trinajstić information content (AvgIpc) is 4.19. The molecule has 4 aliphatic rings. The molecule has 16 rings (SSSR count). The molecule has 0 spiro atoms. The fourth-order valence-electron chi connectivity index (χ4n) is 14.8. The SMILES string of the molecule is CC(C)(C)c1ccc(N2B3c4cc5c(cc4-n4c6cc7c(cc6c6c8oc9ccccc9c8c(c3c64)-c3cc4sc6cc8c(cc6c4cc32)C(C)(C)CCC8(C)C)C(C)(C)CCC7(C)C)oc2ccccc25)cc1. The molecular weight excluding hydrogens is 920 g/mol. The van der Waals surface area contributed by atoms with E-state index >= 15 is 0 Å². The molecule has 0 fully saturated rings. The molecule has 0 N–H and O–H groups in total. The summed E-state index contributed by atoms with van der Waals surface area (Å²) in [6.07, 6.45) is 4.67. The van der Waals surface area contributed by atoms with E-state index in [4.69, 9.17) is 8.83 Å². The van der Waals surface area contributed by atoms with Crippen molar-refractivity contribution < 1.29 is 8.83 Å². The predicted octanol–water partition coefficient (Wildman–Crippen LogP) is 18.2. The van der Waals surface area contributed by atoms with Crippen LogP contribution in [0.1, 0.15) is 130 Å². The zero-order chi connectivity index (χ0) is 50.5. The molecule has 6 heteroatoms. The van der Waals surface area contributed by atoms with Crippen LogP contribution in [0.4, 0.5) is 11.4 Å². The van der Waals surface area contributed by atoms with Crippen LogP contribution in [0.15, 0.2) is 130 Å². The van der Waals surface area contributed by atoms with Crippen LogP contribution in [0.2, 0.25) is 0 Å². The highest BCUT2D eigenvalue weighted by molar-refractivity contribution is 7.25. The van der Waals surface area contributed by atoms with Crippen molar-refractivity contribution in [3.8, 4) is 16.8 Å². The molecule has 2 aliphatic heterocycles. The Morgan fingerprint density at radius 3 is 1.77 bits per heavy atom. The van der Waals surface area contributed by atoms with E-state index in [1.54, 1.807) is 0 Å². The monoisotopic (exact) mass is 980 g/mol. The van der Waals surface area contributed by atoms with Crippen LogP contribution in [-0.2, 0) is 27.1 Å². The number of aromatic nitrogens is 1. The highest BCUT2D eigenvalue weighted by Gasteiger charge is 2.48. The second kappa shape index (κ2) is 13.7. The van der Waals surface area contributed by atoms with Crippen LogP contribution in [0.5, 0.6) is 0 Å². The van der Waals surface area contributed by atoms with Crippen LogP contribution in [0.25, 0.3) is 103 Å². The number of anilines is 2. The third-order valence-electron chi connectivity index (χ3n) is 19.2. The highest BCUT2D eigenvalue weighted by Crippen LogP contribution is 2.56. The number of nitrogens with zero attached hydrogens (tertiary/aromatic N) is 2. The molecule has 364 valence electrons. The second-order valence-corrected chi connectivity index (χ2v) is 27.6. The molecule has 2 aliphatic carbocycles. The Morgan fingerprint density at radius 1 is 0.514 bits per heavy atom. The van der Waals surface area contributed by atoms with Crippen LogP contribution in [0, 0.1) is 0 Å². The third-order valence-corrected chi connectivity index (χ3v) is 20.3. The molecule has 0 saturated heterocycles. The van der Waals surface area contributed by atoms with E-state index in [1.165, 1.54) is 133 Å². The summed E-state index contributed by atoms with van der Waals surface area (Å²) in [4.78, 5) is 2.73. The van der Waals surface area contributed by atoms with Gasteiger partial charge in [-0.15, -0.1) is 11.3 Å². The van der Waals surface area contributed by atoms with Crippen molar-refractivity contribution in [3.63, 3.8) is 0 Å². The number of hydrogen-bond acceptors (Lipinski definition) is 4. The maximum Gasteiger partial charge on any atom is 0.333 e. The molecular formula is C68H61BN2O2S. The Balaban J connectivity index is 1.13. The number of hydrogen-bond donors (Lipinski definition) is 0. The van der Waals surface area contributed by atoms with Crippen LogP contribution < -0.4 is 15.7 Å². The third kappa shape index (κ3) is 5.50. The van der Waals surface area contributed by atoms with Gasteiger partial charge in [-0.2, -0.15) is 0 Å². The quantitative estimate of drug-likeness (QED) is 0.154. The van der Waals surface area contributed by atoms with Crippen molar-refractivity contribution >= 4 is 126 Å². The first-order valence-corrected chi connectivity index (χ1v) is 28.0. The van der Waals surface area contributed by atoms with Gasteiger partial charge in [0, 0.05) is 75.8 Å². The number of thiophene rings is 1. The van der Waals surface area contributed by atoms with Crippen molar-refractivity contribution in [3.05, 3.63) is 149 Å². The Kier molecular flexibility index (Phi) is 8.10. The molecule has 6 heterocycles. The lowest BCUT2D eigenvalue weighted by Gasteiger charge is -2.42. The normalized spacial score (nSPS) is 18.1. The average molecular weight is 981 g/mol. The first kappa shape index (κ1) is 43.6.